The molecule has 1 N–H and O–H groups in total. The molecule has 0 aliphatic rings. The number of halogens is 4. The van der Waals surface area contributed by atoms with Gasteiger partial charge in [-0.1, -0.05) is 0 Å². The maximum absolute atomic E-state index is 12.9. The topological polar surface area (TPSA) is 64.0 Å². The first-order chi connectivity index (χ1) is 10.8. The van der Waals surface area contributed by atoms with Crippen molar-refractivity contribution in [2.75, 3.05) is 6.54 Å². The molecular weight excluding hydrogens is 318 g/mol. The lowest BCUT2D eigenvalue weighted by Crippen LogP contribution is -2.39. The molecule has 0 unspecified atom stereocenters. The van der Waals surface area contributed by atoms with Crippen LogP contribution in [0.15, 0.2) is 41.2 Å². The number of rotatable bonds is 4. The van der Waals surface area contributed by atoms with E-state index >= 15 is 0 Å². The van der Waals surface area contributed by atoms with Gasteiger partial charge in [0.15, 0.2) is 0 Å². The molecule has 9 heteroatoms. The number of alkyl halides is 3. The SMILES string of the molecule is O=C(NCCn1nc(-c2ccc(F)cc2)ccc1=O)C(F)(F)F. The van der Waals surface area contributed by atoms with Gasteiger partial charge in [0.2, 0.25) is 0 Å². The zero-order valence-corrected chi connectivity index (χ0v) is 11.6. The highest BCUT2D eigenvalue weighted by Crippen LogP contribution is 2.16. The summed E-state index contributed by atoms with van der Waals surface area (Å²) in [5, 5.41) is 5.63. The summed E-state index contributed by atoms with van der Waals surface area (Å²) < 4.78 is 49.9. The molecule has 0 atom stereocenters. The fraction of sp³-hybridized carbons (Fsp3) is 0.214. The second-order valence-electron chi connectivity index (χ2n) is 4.54. The fourth-order valence-electron chi connectivity index (χ4n) is 1.76. The van der Waals surface area contributed by atoms with Gasteiger partial charge in [0, 0.05) is 18.2 Å². The summed E-state index contributed by atoms with van der Waals surface area (Å²) in [6.07, 6.45) is -4.98. The van der Waals surface area contributed by atoms with E-state index in [1.54, 1.807) is 5.32 Å². The lowest BCUT2D eigenvalue weighted by molar-refractivity contribution is -0.173. The highest BCUT2D eigenvalue weighted by atomic mass is 19.4. The molecule has 2 rings (SSSR count). The molecule has 0 saturated heterocycles. The molecule has 0 spiro atoms. The van der Waals surface area contributed by atoms with Gasteiger partial charge >= 0.3 is 12.1 Å². The first-order valence-electron chi connectivity index (χ1n) is 6.46. The summed E-state index contributed by atoms with van der Waals surface area (Å²) in [6.45, 7) is -0.631. The average Bonchev–Trinajstić information content (AvgIpc) is 2.49. The summed E-state index contributed by atoms with van der Waals surface area (Å²) in [4.78, 5) is 22.3. The smallest absolute Gasteiger partial charge is 0.346 e. The van der Waals surface area contributed by atoms with E-state index in [1.807, 2.05) is 0 Å². The van der Waals surface area contributed by atoms with Gasteiger partial charge in [-0.3, -0.25) is 9.59 Å². The third-order valence-corrected chi connectivity index (χ3v) is 2.87. The van der Waals surface area contributed by atoms with Gasteiger partial charge in [-0.2, -0.15) is 18.3 Å². The molecule has 0 aliphatic carbocycles. The molecule has 1 aromatic heterocycles. The molecule has 0 bridgehead atoms. The molecule has 2 aromatic rings. The van der Waals surface area contributed by atoms with E-state index in [1.165, 1.54) is 36.4 Å². The molecule has 0 radical (unpaired) electrons. The van der Waals surface area contributed by atoms with Crippen LogP contribution in [0.5, 0.6) is 0 Å². The Bertz CT molecular complexity index is 754. The van der Waals surface area contributed by atoms with Crippen molar-refractivity contribution >= 4 is 5.91 Å². The fourth-order valence-corrected chi connectivity index (χ4v) is 1.76. The van der Waals surface area contributed by atoms with Crippen LogP contribution < -0.4 is 10.9 Å². The Morgan fingerprint density at radius 3 is 2.39 bits per heavy atom. The maximum atomic E-state index is 12.9. The van der Waals surface area contributed by atoms with Crippen molar-refractivity contribution in [3.63, 3.8) is 0 Å². The van der Waals surface area contributed by atoms with Crippen LogP contribution in [0.4, 0.5) is 17.6 Å². The van der Waals surface area contributed by atoms with Gasteiger partial charge in [-0.15, -0.1) is 0 Å². The van der Waals surface area contributed by atoms with Crippen molar-refractivity contribution in [2.45, 2.75) is 12.7 Å². The zero-order chi connectivity index (χ0) is 17.0. The highest BCUT2D eigenvalue weighted by Gasteiger charge is 2.38. The largest absolute Gasteiger partial charge is 0.471 e. The Kier molecular flexibility index (Phi) is 4.77. The second kappa shape index (κ2) is 6.59. The minimum absolute atomic E-state index is 0.226. The Hall–Kier alpha value is -2.71. The van der Waals surface area contributed by atoms with Gasteiger partial charge in [-0.05, 0) is 30.3 Å². The highest BCUT2D eigenvalue weighted by molar-refractivity contribution is 5.81. The lowest BCUT2D eigenvalue weighted by Gasteiger charge is -2.09. The van der Waals surface area contributed by atoms with E-state index in [2.05, 4.69) is 5.10 Å². The van der Waals surface area contributed by atoms with Crippen molar-refractivity contribution < 1.29 is 22.4 Å². The Balaban J connectivity index is 2.11. The number of amides is 1. The van der Waals surface area contributed by atoms with E-state index in [9.17, 15) is 27.2 Å². The van der Waals surface area contributed by atoms with Crippen molar-refractivity contribution in [1.29, 1.82) is 0 Å². The Morgan fingerprint density at radius 1 is 1.13 bits per heavy atom. The molecule has 122 valence electrons. The minimum atomic E-state index is -4.98. The number of hydrogen-bond acceptors (Lipinski definition) is 3. The maximum Gasteiger partial charge on any atom is 0.471 e. The van der Waals surface area contributed by atoms with Crippen molar-refractivity contribution in [2.24, 2.45) is 0 Å². The van der Waals surface area contributed by atoms with Crippen molar-refractivity contribution in [3.8, 4) is 11.3 Å². The molecule has 23 heavy (non-hydrogen) atoms. The third kappa shape index (κ3) is 4.38. The molecule has 0 aliphatic heterocycles. The predicted octanol–water partition coefficient (Wildman–Crippen LogP) is 1.73. The lowest BCUT2D eigenvalue weighted by atomic mass is 10.1. The van der Waals surface area contributed by atoms with E-state index in [0.29, 0.717) is 11.3 Å². The van der Waals surface area contributed by atoms with Crippen LogP contribution >= 0.6 is 0 Å². The first-order valence-corrected chi connectivity index (χ1v) is 6.46. The van der Waals surface area contributed by atoms with Gasteiger partial charge in [0.05, 0.1) is 12.2 Å². The normalized spacial score (nSPS) is 11.3. The molecular formula is C14H11F4N3O2. The van der Waals surface area contributed by atoms with Crippen LogP contribution in [0.2, 0.25) is 0 Å². The number of benzene rings is 1. The standard InChI is InChI=1S/C14H11F4N3O2/c15-10-3-1-9(2-4-10)11-5-6-12(22)21(20-11)8-7-19-13(23)14(16,17)18/h1-6H,7-8H2,(H,19,23). The van der Waals surface area contributed by atoms with Crippen LogP contribution in [-0.4, -0.2) is 28.4 Å². The van der Waals surface area contributed by atoms with Crippen molar-refractivity contribution in [3.05, 3.63) is 52.6 Å². The predicted molar refractivity (Wildman–Crippen MR) is 73.0 cm³/mol. The van der Waals surface area contributed by atoms with E-state index in [-0.39, 0.29) is 6.54 Å². The van der Waals surface area contributed by atoms with Gasteiger partial charge in [-0.25, -0.2) is 9.07 Å². The number of nitrogens with zero attached hydrogens (tertiary/aromatic N) is 2. The summed E-state index contributed by atoms with van der Waals surface area (Å²) in [7, 11) is 0. The quantitative estimate of drug-likeness (QED) is 0.869. The molecule has 0 saturated carbocycles. The summed E-state index contributed by atoms with van der Waals surface area (Å²) in [6, 6.07) is 7.96. The molecule has 1 heterocycles. The Morgan fingerprint density at radius 2 is 1.78 bits per heavy atom. The Labute approximate surface area is 127 Å². The van der Waals surface area contributed by atoms with Crippen LogP contribution in [0.3, 0.4) is 0 Å². The molecule has 1 aromatic carbocycles. The summed E-state index contributed by atoms with van der Waals surface area (Å²) in [5.41, 5.74) is 0.364. The van der Waals surface area contributed by atoms with Crippen LogP contribution in [0.25, 0.3) is 11.3 Å². The first kappa shape index (κ1) is 16.7. The summed E-state index contributed by atoms with van der Waals surface area (Å²) in [5.74, 6) is -2.52. The van der Waals surface area contributed by atoms with Crippen LogP contribution in [0.1, 0.15) is 0 Å². The number of aromatic nitrogens is 2. The average molecular weight is 329 g/mol. The number of carbonyl (C=O) groups is 1. The van der Waals surface area contributed by atoms with Gasteiger partial charge in [0.1, 0.15) is 5.82 Å². The van der Waals surface area contributed by atoms with Crippen LogP contribution in [-0.2, 0) is 11.3 Å². The van der Waals surface area contributed by atoms with Crippen LogP contribution in [0, 0.1) is 5.82 Å². The minimum Gasteiger partial charge on any atom is -0.346 e. The monoisotopic (exact) mass is 329 g/mol. The molecule has 5 nitrogen and oxygen atoms in total. The van der Waals surface area contributed by atoms with Crippen molar-refractivity contribution in [1.82, 2.24) is 15.1 Å². The van der Waals surface area contributed by atoms with E-state index in [4.69, 9.17) is 0 Å². The second-order valence-corrected chi connectivity index (χ2v) is 4.54. The molecule has 0 fully saturated rings. The number of carbonyl (C=O) groups excluding carboxylic acids is 1. The zero-order valence-electron chi connectivity index (χ0n) is 11.6. The number of hydrogen-bond donors (Lipinski definition) is 1. The number of nitrogens with one attached hydrogen (secondary N) is 1. The van der Waals surface area contributed by atoms with E-state index in [0.717, 1.165) is 4.68 Å². The van der Waals surface area contributed by atoms with Gasteiger partial charge in [0.25, 0.3) is 5.56 Å². The third-order valence-electron chi connectivity index (χ3n) is 2.87. The summed E-state index contributed by atoms with van der Waals surface area (Å²) >= 11 is 0. The van der Waals surface area contributed by atoms with Gasteiger partial charge < -0.3 is 5.32 Å². The molecule has 1 amide bonds. The van der Waals surface area contributed by atoms with E-state index < -0.39 is 30.0 Å².